The summed E-state index contributed by atoms with van der Waals surface area (Å²) in [6, 6.07) is 0.798. The fraction of sp³-hybridized carbons (Fsp3) is 0.714. The van der Waals surface area contributed by atoms with Crippen LogP contribution < -0.4 is 0 Å². The van der Waals surface area contributed by atoms with E-state index >= 15 is 0 Å². The highest BCUT2D eigenvalue weighted by molar-refractivity contribution is 5.88. The molecule has 0 saturated carbocycles. The molecule has 0 aliphatic heterocycles. The maximum Gasteiger partial charge on any atom is 0.381 e. The van der Waals surface area contributed by atoms with Gasteiger partial charge in [0, 0.05) is 0 Å². The number of alkyl halides is 8. The molecule has 0 aliphatic rings. The Morgan fingerprint density at radius 1 is 1.17 bits per heavy atom. The Morgan fingerprint density at radius 3 is 1.94 bits per heavy atom. The van der Waals surface area contributed by atoms with E-state index in [1.807, 2.05) is 0 Å². The third-order valence-corrected chi connectivity index (χ3v) is 1.65. The van der Waals surface area contributed by atoms with Crippen LogP contribution in [0.4, 0.5) is 35.1 Å². The minimum Gasteiger partial charge on any atom is -0.464 e. The van der Waals surface area contributed by atoms with E-state index in [0.29, 0.717) is 0 Å². The quantitative estimate of drug-likeness (QED) is 0.479. The highest BCUT2D eigenvalue weighted by Crippen LogP contribution is 2.48. The first-order chi connectivity index (χ1) is 7.90. The Morgan fingerprint density at radius 2 is 1.61 bits per heavy atom. The Labute approximate surface area is 94.4 Å². The van der Waals surface area contributed by atoms with Crippen molar-refractivity contribution in [2.24, 2.45) is 0 Å². The molecule has 0 bridgehead atoms. The van der Waals surface area contributed by atoms with Crippen molar-refractivity contribution in [2.45, 2.75) is 24.2 Å². The summed E-state index contributed by atoms with van der Waals surface area (Å²) in [5.41, 5.74) is 0. The van der Waals surface area contributed by atoms with E-state index in [0.717, 1.165) is 6.07 Å². The number of halogens is 8. The minimum atomic E-state index is -6.40. The summed E-state index contributed by atoms with van der Waals surface area (Å²) in [6.07, 6.45) is -5.02. The molecule has 0 unspecified atom stereocenters. The molecule has 0 rings (SSSR count). The lowest BCUT2D eigenvalue weighted by atomic mass is 10.1. The molecule has 0 atom stereocenters. The fourth-order valence-corrected chi connectivity index (χ4v) is 0.667. The van der Waals surface area contributed by atoms with Gasteiger partial charge in [-0.15, -0.1) is 0 Å². The van der Waals surface area contributed by atoms with Gasteiger partial charge in [0.2, 0.25) is 0 Å². The lowest BCUT2D eigenvalue weighted by molar-refractivity contribution is -0.342. The van der Waals surface area contributed by atoms with Crippen LogP contribution in [0.25, 0.3) is 0 Å². The second-order valence-corrected chi connectivity index (χ2v) is 2.93. The highest BCUT2D eigenvalue weighted by atomic mass is 19.4. The third kappa shape index (κ3) is 2.80. The zero-order valence-corrected chi connectivity index (χ0v) is 8.16. The summed E-state index contributed by atoms with van der Waals surface area (Å²) in [5.74, 6) is -19.9. The van der Waals surface area contributed by atoms with Crippen molar-refractivity contribution in [2.75, 3.05) is 6.61 Å². The van der Waals surface area contributed by atoms with Gasteiger partial charge in [0.25, 0.3) is 5.90 Å². The first-order valence-electron chi connectivity index (χ1n) is 3.93. The van der Waals surface area contributed by atoms with Crippen LogP contribution in [0.3, 0.4) is 0 Å². The normalized spacial score (nSPS) is 13.3. The Balaban J connectivity index is 5.09. The Bertz CT molecular complexity index is 361. The number of ether oxygens (including phenoxy) is 1. The molecule has 18 heavy (non-hydrogen) atoms. The van der Waals surface area contributed by atoms with Gasteiger partial charge in [-0.25, -0.2) is 8.78 Å². The van der Waals surface area contributed by atoms with Gasteiger partial charge in [0.15, 0.2) is 12.7 Å². The molecule has 0 spiro atoms. The molecule has 3 nitrogen and oxygen atoms in total. The predicted molar refractivity (Wildman–Crippen MR) is 40.1 cm³/mol. The monoisotopic (exact) mass is 284 g/mol. The van der Waals surface area contributed by atoms with Crippen LogP contribution in [0.2, 0.25) is 0 Å². The van der Waals surface area contributed by atoms with Crippen molar-refractivity contribution < 1.29 is 39.9 Å². The summed E-state index contributed by atoms with van der Waals surface area (Å²) in [5, 5.41) is 14.2. The van der Waals surface area contributed by atoms with E-state index < -0.39 is 36.7 Å². The maximum absolute atomic E-state index is 12.7. The summed E-state index contributed by atoms with van der Waals surface area (Å²) in [6.45, 7) is -2.51. The number of hydrogen-bond donors (Lipinski definition) is 1. The van der Waals surface area contributed by atoms with Crippen LogP contribution in [0, 0.1) is 16.7 Å². The standard InChI is InChI=1S/C7H4F8N2O/c8-4(9)6(12,13)7(14,15)5(10,11)2-18-3(17)1-16/h4,17H,2H2. The van der Waals surface area contributed by atoms with Gasteiger partial charge in [0.05, 0.1) is 0 Å². The molecule has 0 heterocycles. The molecular formula is C7H4F8N2O. The van der Waals surface area contributed by atoms with Crippen molar-refractivity contribution in [3.8, 4) is 6.07 Å². The molecule has 0 radical (unpaired) electrons. The minimum absolute atomic E-state index is 0.798. The largest absolute Gasteiger partial charge is 0.464 e. The summed E-state index contributed by atoms with van der Waals surface area (Å²) < 4.78 is 102. The lowest BCUT2D eigenvalue weighted by Gasteiger charge is -2.31. The van der Waals surface area contributed by atoms with Crippen molar-refractivity contribution in [1.82, 2.24) is 0 Å². The molecule has 0 aliphatic carbocycles. The molecular weight excluding hydrogens is 280 g/mol. The van der Waals surface area contributed by atoms with Crippen LogP contribution in [-0.2, 0) is 4.74 Å². The molecule has 0 saturated heterocycles. The number of rotatable bonds is 5. The van der Waals surface area contributed by atoms with Crippen LogP contribution in [0.15, 0.2) is 0 Å². The van der Waals surface area contributed by atoms with E-state index in [1.165, 1.54) is 0 Å². The highest BCUT2D eigenvalue weighted by Gasteiger charge is 2.75. The van der Waals surface area contributed by atoms with Crippen LogP contribution in [-0.4, -0.2) is 36.7 Å². The molecule has 0 aromatic heterocycles. The van der Waals surface area contributed by atoms with Crippen LogP contribution in [0.5, 0.6) is 0 Å². The molecule has 0 fully saturated rings. The Kier molecular flexibility index (Phi) is 4.51. The summed E-state index contributed by atoms with van der Waals surface area (Å²) >= 11 is 0. The zero-order chi connectivity index (χ0) is 14.8. The average Bonchev–Trinajstić information content (AvgIpc) is 2.25. The van der Waals surface area contributed by atoms with Gasteiger partial charge in [-0.3, -0.25) is 5.41 Å². The van der Waals surface area contributed by atoms with Crippen molar-refractivity contribution in [1.29, 1.82) is 10.7 Å². The van der Waals surface area contributed by atoms with Gasteiger partial charge in [-0.2, -0.15) is 31.6 Å². The molecule has 0 aromatic rings. The topological polar surface area (TPSA) is 56.9 Å². The van der Waals surface area contributed by atoms with E-state index in [9.17, 15) is 35.1 Å². The second kappa shape index (κ2) is 4.95. The Hall–Kier alpha value is -1.60. The van der Waals surface area contributed by atoms with E-state index in [2.05, 4.69) is 4.74 Å². The van der Waals surface area contributed by atoms with E-state index in [-0.39, 0.29) is 0 Å². The van der Waals surface area contributed by atoms with Crippen LogP contribution >= 0.6 is 0 Å². The average molecular weight is 284 g/mol. The molecule has 0 amide bonds. The number of nitriles is 1. The van der Waals surface area contributed by atoms with Gasteiger partial charge in [-0.1, -0.05) is 0 Å². The van der Waals surface area contributed by atoms with Gasteiger partial charge in [0.1, 0.15) is 0 Å². The second-order valence-electron chi connectivity index (χ2n) is 2.93. The molecule has 0 aromatic carbocycles. The number of nitrogens with one attached hydrogen (secondary N) is 1. The van der Waals surface area contributed by atoms with Gasteiger partial charge < -0.3 is 4.74 Å². The van der Waals surface area contributed by atoms with Crippen LogP contribution in [0.1, 0.15) is 0 Å². The van der Waals surface area contributed by atoms with Gasteiger partial charge >= 0.3 is 24.2 Å². The fourth-order valence-electron chi connectivity index (χ4n) is 0.667. The van der Waals surface area contributed by atoms with Crippen molar-refractivity contribution in [3.63, 3.8) is 0 Å². The molecule has 1 N–H and O–H groups in total. The maximum atomic E-state index is 12.7. The third-order valence-electron chi connectivity index (χ3n) is 1.65. The summed E-state index contributed by atoms with van der Waals surface area (Å²) in [4.78, 5) is 0. The molecule has 104 valence electrons. The summed E-state index contributed by atoms with van der Waals surface area (Å²) in [7, 11) is 0. The van der Waals surface area contributed by atoms with Gasteiger partial charge in [-0.05, 0) is 0 Å². The van der Waals surface area contributed by atoms with E-state index in [1.54, 1.807) is 0 Å². The van der Waals surface area contributed by atoms with Crippen molar-refractivity contribution in [3.05, 3.63) is 0 Å². The lowest BCUT2D eigenvalue weighted by Crippen LogP contribution is -2.59. The zero-order valence-electron chi connectivity index (χ0n) is 8.16. The first-order valence-corrected chi connectivity index (χ1v) is 3.93. The first kappa shape index (κ1) is 16.4. The predicted octanol–water partition coefficient (Wildman–Crippen LogP) is 2.67. The van der Waals surface area contributed by atoms with E-state index in [4.69, 9.17) is 10.7 Å². The number of nitrogens with zero attached hydrogens (tertiary/aromatic N) is 1. The SMILES string of the molecule is N#CC(=N)OCC(F)(F)C(F)(F)C(F)(F)C(F)F. The smallest absolute Gasteiger partial charge is 0.381 e. The molecule has 11 heteroatoms. The van der Waals surface area contributed by atoms with Crippen molar-refractivity contribution >= 4 is 5.90 Å². The number of hydrogen-bond acceptors (Lipinski definition) is 3.